The van der Waals surface area contributed by atoms with Gasteiger partial charge in [-0.05, 0) is 36.5 Å². The molecule has 2 rings (SSSR count). The first-order valence-electron chi connectivity index (χ1n) is 7.22. The van der Waals surface area contributed by atoms with Gasteiger partial charge in [0.1, 0.15) is 0 Å². The first-order chi connectivity index (χ1) is 9.69. The second kappa shape index (κ2) is 6.95. The number of carbonyl (C=O) groups is 1. The highest BCUT2D eigenvalue weighted by molar-refractivity contribution is 5.89. The van der Waals surface area contributed by atoms with Gasteiger partial charge in [-0.2, -0.15) is 5.26 Å². The lowest BCUT2D eigenvalue weighted by atomic mass is 9.86. The second-order valence-corrected chi connectivity index (χ2v) is 5.50. The molecular weight excluding hydrogens is 250 g/mol. The van der Waals surface area contributed by atoms with Gasteiger partial charge in [-0.3, -0.25) is 0 Å². The van der Waals surface area contributed by atoms with Gasteiger partial charge in [0.2, 0.25) is 0 Å². The van der Waals surface area contributed by atoms with Crippen molar-refractivity contribution in [1.82, 2.24) is 5.32 Å². The van der Waals surface area contributed by atoms with Crippen LogP contribution in [-0.4, -0.2) is 12.1 Å². The highest BCUT2D eigenvalue weighted by atomic mass is 16.2. The van der Waals surface area contributed by atoms with Gasteiger partial charge < -0.3 is 10.6 Å². The molecule has 0 heterocycles. The monoisotopic (exact) mass is 271 g/mol. The van der Waals surface area contributed by atoms with E-state index in [9.17, 15) is 4.79 Å². The van der Waals surface area contributed by atoms with E-state index in [2.05, 4.69) is 23.6 Å². The summed E-state index contributed by atoms with van der Waals surface area (Å²) in [4.78, 5) is 12.0. The van der Waals surface area contributed by atoms with Gasteiger partial charge in [0.15, 0.2) is 0 Å². The molecular formula is C16H21N3O. The van der Waals surface area contributed by atoms with E-state index in [0.717, 1.165) is 17.7 Å². The number of anilines is 1. The third kappa shape index (κ3) is 3.99. The summed E-state index contributed by atoms with van der Waals surface area (Å²) in [5.74, 6) is 0.549. The maximum atomic E-state index is 12.0. The SMILES string of the molecule is CC1CCCCC1NC(=O)Nc1ccc(CC#N)cc1. The van der Waals surface area contributed by atoms with Crippen LogP contribution in [0.5, 0.6) is 0 Å². The van der Waals surface area contributed by atoms with Crippen molar-refractivity contribution in [3.63, 3.8) is 0 Å². The average Bonchev–Trinajstić information content (AvgIpc) is 2.44. The van der Waals surface area contributed by atoms with Crippen LogP contribution in [0.4, 0.5) is 10.5 Å². The molecule has 1 aromatic carbocycles. The summed E-state index contributed by atoms with van der Waals surface area (Å²) in [6.45, 7) is 2.20. The minimum atomic E-state index is -0.142. The average molecular weight is 271 g/mol. The Kier molecular flexibility index (Phi) is 5.00. The first kappa shape index (κ1) is 14.4. The molecule has 2 unspecified atom stereocenters. The van der Waals surface area contributed by atoms with Crippen LogP contribution in [-0.2, 0) is 6.42 Å². The highest BCUT2D eigenvalue weighted by Crippen LogP contribution is 2.23. The number of nitrogens with zero attached hydrogens (tertiary/aromatic N) is 1. The minimum Gasteiger partial charge on any atom is -0.335 e. The van der Waals surface area contributed by atoms with Crippen molar-refractivity contribution in [3.05, 3.63) is 29.8 Å². The number of urea groups is 1. The van der Waals surface area contributed by atoms with E-state index in [1.807, 2.05) is 24.3 Å². The smallest absolute Gasteiger partial charge is 0.319 e. The number of carbonyl (C=O) groups excluding carboxylic acids is 1. The van der Waals surface area contributed by atoms with Gasteiger partial charge in [-0.1, -0.05) is 31.9 Å². The summed E-state index contributed by atoms with van der Waals surface area (Å²) in [5.41, 5.74) is 1.71. The van der Waals surface area contributed by atoms with Gasteiger partial charge in [0.25, 0.3) is 0 Å². The zero-order valence-corrected chi connectivity index (χ0v) is 11.9. The lowest BCUT2D eigenvalue weighted by Crippen LogP contribution is -2.43. The fourth-order valence-electron chi connectivity index (χ4n) is 2.66. The molecule has 0 saturated heterocycles. The van der Waals surface area contributed by atoms with Gasteiger partial charge in [0, 0.05) is 11.7 Å². The van der Waals surface area contributed by atoms with Crippen LogP contribution in [0.2, 0.25) is 0 Å². The molecule has 106 valence electrons. The van der Waals surface area contributed by atoms with Crippen molar-refractivity contribution in [1.29, 1.82) is 5.26 Å². The van der Waals surface area contributed by atoms with Crippen molar-refractivity contribution >= 4 is 11.7 Å². The van der Waals surface area contributed by atoms with Crippen molar-refractivity contribution < 1.29 is 4.79 Å². The maximum absolute atomic E-state index is 12.0. The molecule has 0 radical (unpaired) electrons. The van der Waals surface area contributed by atoms with Crippen LogP contribution in [0.15, 0.2) is 24.3 Å². The van der Waals surface area contributed by atoms with Crippen LogP contribution in [0.1, 0.15) is 38.2 Å². The molecule has 0 aliphatic heterocycles. The lowest BCUT2D eigenvalue weighted by Gasteiger charge is -2.29. The molecule has 1 fully saturated rings. The number of hydrogen-bond acceptors (Lipinski definition) is 2. The van der Waals surface area contributed by atoms with E-state index in [-0.39, 0.29) is 12.1 Å². The summed E-state index contributed by atoms with van der Waals surface area (Å²) < 4.78 is 0. The number of hydrogen-bond donors (Lipinski definition) is 2. The molecule has 0 aromatic heterocycles. The van der Waals surface area contributed by atoms with Crippen molar-refractivity contribution in [2.75, 3.05) is 5.32 Å². The van der Waals surface area contributed by atoms with Gasteiger partial charge in [-0.15, -0.1) is 0 Å². The third-order valence-corrected chi connectivity index (χ3v) is 3.92. The number of rotatable bonds is 3. The Bertz CT molecular complexity index is 489. The summed E-state index contributed by atoms with van der Waals surface area (Å²) in [6.07, 6.45) is 5.11. The molecule has 0 bridgehead atoms. The largest absolute Gasteiger partial charge is 0.335 e. The standard InChI is InChI=1S/C16H21N3O/c1-12-4-2-3-5-15(12)19-16(20)18-14-8-6-13(7-9-14)10-11-17/h6-9,12,15H,2-5,10H2,1H3,(H2,18,19,20). The second-order valence-electron chi connectivity index (χ2n) is 5.50. The zero-order valence-electron chi connectivity index (χ0n) is 11.9. The number of nitriles is 1. The van der Waals surface area contributed by atoms with Gasteiger partial charge in [0.05, 0.1) is 12.5 Å². The highest BCUT2D eigenvalue weighted by Gasteiger charge is 2.22. The van der Waals surface area contributed by atoms with Crippen LogP contribution in [0, 0.1) is 17.2 Å². The molecule has 1 aromatic rings. The molecule has 2 N–H and O–H groups in total. The van der Waals surface area contributed by atoms with E-state index in [4.69, 9.17) is 5.26 Å². The van der Waals surface area contributed by atoms with E-state index in [0.29, 0.717) is 12.3 Å². The van der Waals surface area contributed by atoms with E-state index >= 15 is 0 Å². The number of benzene rings is 1. The van der Waals surface area contributed by atoms with E-state index < -0.39 is 0 Å². The lowest BCUT2D eigenvalue weighted by molar-refractivity contribution is 0.232. The Balaban J connectivity index is 1.86. The third-order valence-electron chi connectivity index (χ3n) is 3.92. The maximum Gasteiger partial charge on any atom is 0.319 e. The number of nitrogens with one attached hydrogen (secondary N) is 2. The predicted molar refractivity (Wildman–Crippen MR) is 79.3 cm³/mol. The van der Waals surface area contributed by atoms with Crippen LogP contribution < -0.4 is 10.6 Å². The minimum absolute atomic E-state index is 0.142. The topological polar surface area (TPSA) is 64.9 Å². The molecule has 1 aliphatic carbocycles. The molecule has 4 heteroatoms. The summed E-state index contributed by atoms with van der Waals surface area (Å²) in [6, 6.07) is 9.63. The Morgan fingerprint density at radius 3 is 2.65 bits per heavy atom. The molecule has 1 aliphatic rings. The van der Waals surface area contributed by atoms with Gasteiger partial charge in [-0.25, -0.2) is 4.79 Å². The van der Waals surface area contributed by atoms with Crippen LogP contribution in [0.25, 0.3) is 0 Å². The van der Waals surface area contributed by atoms with E-state index in [1.165, 1.54) is 19.3 Å². The predicted octanol–water partition coefficient (Wildman–Crippen LogP) is 3.45. The quantitative estimate of drug-likeness (QED) is 0.884. The Labute approximate surface area is 120 Å². The van der Waals surface area contributed by atoms with Crippen molar-refractivity contribution in [2.24, 2.45) is 5.92 Å². The Morgan fingerprint density at radius 1 is 1.30 bits per heavy atom. The molecule has 0 spiro atoms. The summed E-state index contributed by atoms with van der Waals surface area (Å²) in [7, 11) is 0. The van der Waals surface area contributed by atoms with Crippen LogP contribution in [0.3, 0.4) is 0 Å². The summed E-state index contributed by atoms with van der Waals surface area (Å²) in [5, 5.41) is 14.5. The molecule has 2 atom stereocenters. The fraction of sp³-hybridized carbons (Fsp3) is 0.500. The Morgan fingerprint density at radius 2 is 2.00 bits per heavy atom. The molecule has 2 amide bonds. The molecule has 4 nitrogen and oxygen atoms in total. The molecule has 20 heavy (non-hydrogen) atoms. The zero-order chi connectivity index (χ0) is 14.4. The van der Waals surface area contributed by atoms with E-state index in [1.54, 1.807) is 0 Å². The summed E-state index contributed by atoms with van der Waals surface area (Å²) >= 11 is 0. The van der Waals surface area contributed by atoms with Crippen molar-refractivity contribution in [3.8, 4) is 6.07 Å². The number of amides is 2. The van der Waals surface area contributed by atoms with Gasteiger partial charge >= 0.3 is 6.03 Å². The normalized spacial score (nSPS) is 21.8. The first-order valence-corrected chi connectivity index (χ1v) is 7.22. The Hall–Kier alpha value is -2.02. The fourth-order valence-corrected chi connectivity index (χ4v) is 2.66. The molecule has 1 saturated carbocycles. The van der Waals surface area contributed by atoms with Crippen molar-refractivity contribution in [2.45, 2.75) is 45.1 Å². The van der Waals surface area contributed by atoms with Crippen LogP contribution >= 0.6 is 0 Å².